The lowest BCUT2D eigenvalue weighted by Crippen LogP contribution is -2.33. The third-order valence-corrected chi connectivity index (χ3v) is 8.37. The zero-order valence-corrected chi connectivity index (χ0v) is 22.0. The first-order valence-corrected chi connectivity index (χ1v) is 13.9. The molecule has 1 fully saturated rings. The van der Waals surface area contributed by atoms with Crippen LogP contribution in [0.2, 0.25) is 0 Å². The van der Waals surface area contributed by atoms with Crippen LogP contribution in [0.4, 0.5) is 0 Å². The number of ether oxygens (including phenoxy) is 1. The van der Waals surface area contributed by atoms with Crippen LogP contribution in [0.5, 0.6) is 0 Å². The van der Waals surface area contributed by atoms with Crippen LogP contribution in [-0.4, -0.2) is 32.8 Å². The average Bonchev–Trinajstić information content (AvgIpc) is 2.96. The van der Waals surface area contributed by atoms with Gasteiger partial charge in [-0.25, -0.2) is 0 Å². The maximum Gasteiger partial charge on any atom is 0.177 e. The summed E-state index contributed by atoms with van der Waals surface area (Å²) in [5, 5.41) is 0. The zero-order chi connectivity index (χ0) is 25.2. The number of hydrogen-bond donors (Lipinski definition) is 0. The third kappa shape index (κ3) is 6.19. The van der Waals surface area contributed by atoms with E-state index in [1.54, 1.807) is 14.2 Å². The first-order chi connectivity index (χ1) is 17.7. The smallest absolute Gasteiger partial charge is 0.177 e. The molecule has 0 aromatic heterocycles. The maximum atomic E-state index is 12.7. The van der Waals surface area contributed by atoms with Gasteiger partial charge >= 0.3 is 0 Å². The van der Waals surface area contributed by atoms with Crippen LogP contribution >= 0.6 is 8.38 Å². The number of carbonyl (C=O) groups excluding carboxylic acids is 1. The van der Waals surface area contributed by atoms with Gasteiger partial charge in [0.1, 0.15) is 11.4 Å². The lowest BCUT2D eigenvalue weighted by atomic mass is 9.80. The van der Waals surface area contributed by atoms with Crippen molar-refractivity contribution in [3.8, 4) is 0 Å². The highest BCUT2D eigenvalue weighted by molar-refractivity contribution is 7.48. The van der Waals surface area contributed by atoms with E-state index in [0.717, 1.165) is 42.4 Å². The summed E-state index contributed by atoms with van der Waals surface area (Å²) in [7, 11) is 2.10. The summed E-state index contributed by atoms with van der Waals surface area (Å²) >= 11 is 0. The molecule has 0 unspecified atom stereocenters. The number of hydrogen-bond acceptors (Lipinski definition) is 4. The van der Waals surface area contributed by atoms with Gasteiger partial charge in [-0.15, -0.1) is 0 Å². The van der Waals surface area contributed by atoms with E-state index in [2.05, 4.69) is 78.9 Å². The number of ketones is 1. The molecule has 3 aromatic rings. The normalized spacial score (nSPS) is 16.2. The number of benzene rings is 3. The van der Waals surface area contributed by atoms with Crippen molar-refractivity contribution in [1.82, 2.24) is 0 Å². The Balaban J connectivity index is 1.52. The van der Waals surface area contributed by atoms with Crippen molar-refractivity contribution in [2.24, 2.45) is 5.92 Å². The second kappa shape index (κ2) is 13.1. The standard InChI is InChI=1S/C31H35O4P/c1-33-36(34-2)24-30(32)26-20-18-25(19-21-26)22-23-35-31(27-12-6-3-7-13-27,28-14-8-4-9-15-28)29-16-10-5-11-17-29/h3-17,22,26H,18-21,23-24H2,1-2H3. The Morgan fingerprint density at radius 3 is 1.67 bits per heavy atom. The molecule has 0 saturated heterocycles. The van der Waals surface area contributed by atoms with Gasteiger partial charge in [0.05, 0.1) is 12.8 Å². The first-order valence-electron chi connectivity index (χ1n) is 12.5. The fourth-order valence-electron chi connectivity index (χ4n) is 5.03. The highest BCUT2D eigenvalue weighted by Gasteiger charge is 2.37. The number of Topliss-reactive ketones (excluding diaryl/α,β-unsaturated/α-hetero) is 1. The summed E-state index contributed by atoms with van der Waals surface area (Å²) in [5.41, 5.74) is 3.95. The predicted molar refractivity (Wildman–Crippen MR) is 146 cm³/mol. The lowest BCUT2D eigenvalue weighted by molar-refractivity contribution is -0.121. The van der Waals surface area contributed by atoms with Crippen molar-refractivity contribution < 1.29 is 18.6 Å². The molecule has 1 saturated carbocycles. The summed E-state index contributed by atoms with van der Waals surface area (Å²) in [4.78, 5) is 12.7. The molecule has 0 atom stereocenters. The Labute approximate surface area is 216 Å². The molecule has 0 spiro atoms. The summed E-state index contributed by atoms with van der Waals surface area (Å²) in [6.45, 7) is 0.491. The van der Waals surface area contributed by atoms with Gasteiger partial charge < -0.3 is 13.8 Å². The summed E-state index contributed by atoms with van der Waals surface area (Å²) < 4.78 is 17.4. The zero-order valence-electron chi connectivity index (χ0n) is 21.1. The van der Waals surface area contributed by atoms with Gasteiger partial charge in [0.2, 0.25) is 0 Å². The molecular formula is C31H35O4P. The van der Waals surface area contributed by atoms with Crippen molar-refractivity contribution in [1.29, 1.82) is 0 Å². The lowest BCUT2D eigenvalue weighted by Gasteiger charge is -2.36. The van der Waals surface area contributed by atoms with Crippen molar-refractivity contribution in [2.75, 3.05) is 27.0 Å². The van der Waals surface area contributed by atoms with E-state index in [1.165, 1.54) is 5.57 Å². The fraction of sp³-hybridized carbons (Fsp3) is 0.323. The van der Waals surface area contributed by atoms with E-state index in [-0.39, 0.29) is 11.7 Å². The van der Waals surface area contributed by atoms with E-state index in [4.69, 9.17) is 13.8 Å². The minimum absolute atomic E-state index is 0.0930. The van der Waals surface area contributed by atoms with Gasteiger partial charge in [-0.05, 0) is 42.4 Å². The molecule has 1 aliphatic carbocycles. The Morgan fingerprint density at radius 2 is 1.25 bits per heavy atom. The summed E-state index contributed by atoms with van der Waals surface area (Å²) in [6.07, 6.45) is 6.20. The van der Waals surface area contributed by atoms with E-state index in [1.807, 2.05) is 18.2 Å². The summed E-state index contributed by atoms with van der Waals surface area (Å²) in [6, 6.07) is 31.3. The molecule has 0 bridgehead atoms. The van der Waals surface area contributed by atoms with Crippen molar-refractivity contribution >= 4 is 14.2 Å². The topological polar surface area (TPSA) is 44.8 Å². The van der Waals surface area contributed by atoms with E-state index < -0.39 is 14.0 Å². The van der Waals surface area contributed by atoms with Gasteiger partial charge in [-0.2, -0.15) is 0 Å². The minimum Gasteiger partial charge on any atom is -0.357 e. The molecule has 3 aromatic carbocycles. The van der Waals surface area contributed by atoms with Crippen LogP contribution in [-0.2, 0) is 24.2 Å². The fourth-order valence-corrected chi connectivity index (χ4v) is 5.95. The molecule has 36 heavy (non-hydrogen) atoms. The quantitative estimate of drug-likeness (QED) is 0.157. The Hall–Kier alpha value is -2.62. The van der Waals surface area contributed by atoms with Crippen molar-refractivity contribution in [3.63, 3.8) is 0 Å². The SMILES string of the molecule is COP(CC(=O)C1CCC(=CCOC(c2ccccc2)(c2ccccc2)c2ccccc2)CC1)OC. The second-order valence-electron chi connectivity index (χ2n) is 9.05. The van der Waals surface area contributed by atoms with Crippen LogP contribution in [0.25, 0.3) is 0 Å². The second-order valence-corrected chi connectivity index (χ2v) is 10.8. The maximum absolute atomic E-state index is 12.7. The van der Waals surface area contributed by atoms with Gasteiger partial charge in [-0.3, -0.25) is 4.79 Å². The molecule has 0 amide bonds. The van der Waals surface area contributed by atoms with Gasteiger partial charge in [-0.1, -0.05) is 103 Å². The van der Waals surface area contributed by atoms with Gasteiger partial charge in [0.25, 0.3) is 0 Å². The van der Waals surface area contributed by atoms with E-state index in [0.29, 0.717) is 12.8 Å². The molecule has 5 heteroatoms. The van der Waals surface area contributed by atoms with Crippen LogP contribution in [0.3, 0.4) is 0 Å². The summed E-state index contributed by atoms with van der Waals surface area (Å²) in [5.74, 6) is 0.353. The monoisotopic (exact) mass is 502 g/mol. The molecule has 0 aliphatic heterocycles. The average molecular weight is 503 g/mol. The molecular weight excluding hydrogens is 467 g/mol. The molecule has 0 radical (unpaired) electrons. The van der Waals surface area contributed by atoms with E-state index in [9.17, 15) is 4.79 Å². The third-order valence-electron chi connectivity index (χ3n) is 6.99. The van der Waals surface area contributed by atoms with Crippen molar-refractivity contribution in [2.45, 2.75) is 31.3 Å². The van der Waals surface area contributed by atoms with Gasteiger partial charge in [0, 0.05) is 20.1 Å². The molecule has 1 aliphatic rings. The van der Waals surface area contributed by atoms with Crippen LogP contribution < -0.4 is 0 Å². The Bertz CT molecular complexity index is 1000. The minimum atomic E-state index is -1.10. The number of carbonyl (C=O) groups is 1. The molecule has 4 nitrogen and oxygen atoms in total. The Kier molecular flexibility index (Phi) is 9.60. The predicted octanol–water partition coefficient (Wildman–Crippen LogP) is 7.29. The van der Waals surface area contributed by atoms with Crippen LogP contribution in [0.15, 0.2) is 103 Å². The van der Waals surface area contributed by atoms with Gasteiger partial charge in [0.15, 0.2) is 8.38 Å². The van der Waals surface area contributed by atoms with Crippen molar-refractivity contribution in [3.05, 3.63) is 119 Å². The molecule has 0 heterocycles. The highest BCUT2D eigenvalue weighted by Crippen LogP contribution is 2.41. The molecule has 188 valence electrons. The largest absolute Gasteiger partial charge is 0.357 e. The number of rotatable bonds is 11. The Morgan fingerprint density at radius 1 is 0.806 bits per heavy atom. The molecule has 4 rings (SSSR count). The highest BCUT2D eigenvalue weighted by atomic mass is 31.2. The molecule has 0 N–H and O–H groups in total. The first kappa shape index (κ1) is 26.4. The van der Waals surface area contributed by atoms with E-state index >= 15 is 0 Å². The van der Waals surface area contributed by atoms with Crippen LogP contribution in [0, 0.1) is 5.92 Å². The number of allylic oxidation sites excluding steroid dienone is 1. The van der Waals surface area contributed by atoms with Crippen LogP contribution in [0.1, 0.15) is 42.4 Å².